The van der Waals surface area contributed by atoms with E-state index >= 15 is 0 Å². The van der Waals surface area contributed by atoms with Crippen LogP contribution in [0.5, 0.6) is 0 Å². The Morgan fingerprint density at radius 1 is 1.46 bits per heavy atom. The lowest BCUT2D eigenvalue weighted by atomic mass is 10.3. The van der Waals surface area contributed by atoms with Crippen molar-refractivity contribution < 1.29 is 9.52 Å². The molecule has 1 saturated heterocycles. The fraction of sp³-hybridized carbons (Fsp3) is 0.556. The Morgan fingerprint density at radius 3 is 2.85 bits per heavy atom. The van der Waals surface area contributed by atoms with E-state index in [4.69, 9.17) is 4.42 Å². The van der Waals surface area contributed by atoms with Crippen LogP contribution in [-0.4, -0.2) is 21.2 Å². The van der Waals surface area contributed by atoms with E-state index in [2.05, 4.69) is 0 Å². The van der Waals surface area contributed by atoms with Gasteiger partial charge in [-0.25, -0.2) is 0 Å². The number of aliphatic hydroxyl groups is 1. The average Bonchev–Trinajstić information content (AvgIpc) is 2.71. The lowest BCUT2D eigenvalue weighted by Gasteiger charge is -2.24. The summed E-state index contributed by atoms with van der Waals surface area (Å²) in [6, 6.07) is 3.65. The Balaban J connectivity index is 1.99. The van der Waals surface area contributed by atoms with Gasteiger partial charge in [-0.2, -0.15) is 0 Å². The maximum atomic E-state index is 9.90. The Hall–Kier alpha value is -0.0600. The topological polar surface area (TPSA) is 33.4 Å². The maximum absolute atomic E-state index is 9.90. The van der Waals surface area contributed by atoms with E-state index in [-0.39, 0.29) is 4.58 Å². The third-order valence-corrected chi connectivity index (χ3v) is 4.98. The van der Waals surface area contributed by atoms with Crippen molar-refractivity contribution in [2.24, 2.45) is 0 Å². The minimum absolute atomic E-state index is 0.250. The van der Waals surface area contributed by atoms with Crippen molar-refractivity contribution in [2.75, 3.05) is 11.5 Å². The molecule has 1 aliphatic heterocycles. The second-order valence-electron chi connectivity index (χ2n) is 2.92. The summed E-state index contributed by atoms with van der Waals surface area (Å²) in [5, 5.41) is 9.90. The molecule has 2 nitrogen and oxygen atoms in total. The SMILES string of the molecule is OC(c1ccco1)C1SCCCS1. The van der Waals surface area contributed by atoms with E-state index in [1.807, 2.05) is 35.7 Å². The molecule has 2 heterocycles. The van der Waals surface area contributed by atoms with Crippen molar-refractivity contribution in [3.63, 3.8) is 0 Å². The monoisotopic (exact) mass is 216 g/mol. The van der Waals surface area contributed by atoms with Gasteiger partial charge in [0.25, 0.3) is 0 Å². The zero-order valence-corrected chi connectivity index (χ0v) is 8.81. The van der Waals surface area contributed by atoms with Gasteiger partial charge in [-0.05, 0) is 30.1 Å². The lowest BCUT2D eigenvalue weighted by Crippen LogP contribution is -2.15. The van der Waals surface area contributed by atoms with Crippen LogP contribution >= 0.6 is 23.5 Å². The van der Waals surface area contributed by atoms with Crippen LogP contribution < -0.4 is 0 Å². The molecule has 2 rings (SSSR count). The van der Waals surface area contributed by atoms with Crippen LogP contribution in [0, 0.1) is 0 Å². The van der Waals surface area contributed by atoms with Crippen molar-refractivity contribution in [1.82, 2.24) is 0 Å². The van der Waals surface area contributed by atoms with Gasteiger partial charge in [-0.15, -0.1) is 23.5 Å². The molecule has 1 aliphatic rings. The second-order valence-corrected chi connectivity index (χ2v) is 5.72. The summed E-state index contributed by atoms with van der Waals surface area (Å²) in [4.78, 5) is 0. The van der Waals surface area contributed by atoms with Gasteiger partial charge >= 0.3 is 0 Å². The molecule has 1 fully saturated rings. The molecule has 0 aliphatic carbocycles. The first-order valence-electron chi connectivity index (χ1n) is 4.32. The summed E-state index contributed by atoms with van der Waals surface area (Å²) >= 11 is 3.64. The van der Waals surface area contributed by atoms with Gasteiger partial charge in [-0.1, -0.05) is 0 Å². The lowest BCUT2D eigenvalue weighted by molar-refractivity contribution is 0.166. The van der Waals surface area contributed by atoms with Crippen LogP contribution in [0.25, 0.3) is 0 Å². The highest BCUT2D eigenvalue weighted by molar-refractivity contribution is 8.17. The predicted molar refractivity (Wildman–Crippen MR) is 57.0 cm³/mol. The van der Waals surface area contributed by atoms with Crippen LogP contribution in [0.15, 0.2) is 22.8 Å². The highest BCUT2D eigenvalue weighted by atomic mass is 32.2. The molecule has 13 heavy (non-hydrogen) atoms. The molecule has 1 aromatic rings. The predicted octanol–water partition coefficient (Wildman–Crippen LogP) is 2.51. The number of aliphatic hydroxyl groups excluding tert-OH is 1. The molecule has 1 unspecified atom stereocenters. The summed E-state index contributed by atoms with van der Waals surface area (Å²) < 4.78 is 5.42. The Morgan fingerprint density at radius 2 is 2.23 bits per heavy atom. The van der Waals surface area contributed by atoms with Gasteiger partial charge in [0.2, 0.25) is 0 Å². The van der Waals surface area contributed by atoms with Gasteiger partial charge in [0.1, 0.15) is 11.9 Å². The highest BCUT2D eigenvalue weighted by Crippen LogP contribution is 2.39. The van der Waals surface area contributed by atoms with Crippen LogP contribution in [-0.2, 0) is 0 Å². The first-order chi connectivity index (χ1) is 6.38. The van der Waals surface area contributed by atoms with Gasteiger partial charge in [-0.3, -0.25) is 0 Å². The molecule has 1 N–H and O–H groups in total. The molecule has 1 aromatic heterocycles. The van der Waals surface area contributed by atoms with E-state index in [1.165, 1.54) is 6.42 Å². The zero-order valence-electron chi connectivity index (χ0n) is 7.18. The quantitative estimate of drug-likeness (QED) is 0.823. The zero-order chi connectivity index (χ0) is 9.10. The molecule has 72 valence electrons. The third-order valence-electron chi connectivity index (χ3n) is 1.95. The highest BCUT2D eigenvalue weighted by Gasteiger charge is 2.25. The van der Waals surface area contributed by atoms with Crippen molar-refractivity contribution in [2.45, 2.75) is 17.1 Å². The standard InChI is InChI=1S/C9H12O2S2/c10-8(7-3-1-4-11-7)9-12-5-2-6-13-9/h1,3-4,8-10H,2,5-6H2. The maximum Gasteiger partial charge on any atom is 0.134 e. The largest absolute Gasteiger partial charge is 0.467 e. The summed E-state index contributed by atoms with van der Waals surface area (Å²) in [5.41, 5.74) is 0. The first kappa shape index (κ1) is 9.49. The fourth-order valence-electron chi connectivity index (χ4n) is 1.28. The van der Waals surface area contributed by atoms with E-state index in [9.17, 15) is 5.11 Å². The van der Waals surface area contributed by atoms with Gasteiger partial charge < -0.3 is 9.52 Å². The number of furan rings is 1. The Kier molecular flexibility index (Phi) is 3.24. The normalized spacial score (nSPS) is 21.6. The van der Waals surface area contributed by atoms with Gasteiger partial charge in [0.15, 0.2) is 0 Å². The van der Waals surface area contributed by atoms with E-state index < -0.39 is 6.10 Å². The van der Waals surface area contributed by atoms with Crippen LogP contribution in [0.3, 0.4) is 0 Å². The third kappa shape index (κ3) is 2.24. The molecule has 0 spiro atoms. The molecule has 0 amide bonds. The molecule has 1 atom stereocenters. The molecule has 0 saturated carbocycles. The Labute approximate surface area is 86.1 Å². The molecule has 4 heteroatoms. The van der Waals surface area contributed by atoms with Crippen molar-refractivity contribution in [1.29, 1.82) is 0 Å². The van der Waals surface area contributed by atoms with E-state index in [0.717, 1.165) is 11.5 Å². The summed E-state index contributed by atoms with van der Waals surface area (Å²) in [5.74, 6) is 2.98. The van der Waals surface area contributed by atoms with Crippen molar-refractivity contribution in [3.05, 3.63) is 24.2 Å². The van der Waals surface area contributed by atoms with E-state index in [1.54, 1.807) is 6.26 Å². The number of hydrogen-bond donors (Lipinski definition) is 1. The van der Waals surface area contributed by atoms with Crippen LogP contribution in [0.4, 0.5) is 0 Å². The summed E-state index contributed by atoms with van der Waals surface area (Å²) in [7, 11) is 0. The number of thioether (sulfide) groups is 2. The van der Waals surface area contributed by atoms with Crippen molar-refractivity contribution >= 4 is 23.5 Å². The van der Waals surface area contributed by atoms with Gasteiger partial charge in [0, 0.05) is 0 Å². The number of rotatable bonds is 2. The smallest absolute Gasteiger partial charge is 0.134 e. The Bertz CT molecular complexity index is 242. The van der Waals surface area contributed by atoms with Crippen molar-refractivity contribution in [3.8, 4) is 0 Å². The fourth-order valence-corrected chi connectivity index (χ4v) is 4.15. The number of hydrogen-bond acceptors (Lipinski definition) is 4. The van der Waals surface area contributed by atoms with Crippen LogP contribution in [0.2, 0.25) is 0 Å². The van der Waals surface area contributed by atoms with E-state index in [0.29, 0.717) is 5.76 Å². The van der Waals surface area contributed by atoms with Gasteiger partial charge in [0.05, 0.1) is 10.8 Å². The first-order valence-corrected chi connectivity index (χ1v) is 6.42. The summed E-state index contributed by atoms with van der Waals surface area (Å²) in [6.45, 7) is 0. The molecule has 0 radical (unpaired) electrons. The van der Waals surface area contributed by atoms with Crippen LogP contribution in [0.1, 0.15) is 18.3 Å². The average molecular weight is 216 g/mol. The molecule has 0 bridgehead atoms. The molecular formula is C9H12O2S2. The molecular weight excluding hydrogens is 204 g/mol. The molecule has 0 aromatic carbocycles. The minimum atomic E-state index is -0.453. The second kappa shape index (κ2) is 4.44. The summed E-state index contributed by atoms with van der Waals surface area (Å²) in [6.07, 6.45) is 2.40. The minimum Gasteiger partial charge on any atom is -0.467 e.